The van der Waals surface area contributed by atoms with Gasteiger partial charge in [0.15, 0.2) is 5.13 Å². The third-order valence-electron chi connectivity index (χ3n) is 6.30. The lowest BCUT2D eigenvalue weighted by Crippen LogP contribution is -2.14. The fourth-order valence-electron chi connectivity index (χ4n) is 4.55. The van der Waals surface area contributed by atoms with Crippen molar-refractivity contribution < 1.29 is 13.2 Å². The summed E-state index contributed by atoms with van der Waals surface area (Å²) in [5.41, 5.74) is 5.38. The van der Waals surface area contributed by atoms with Crippen LogP contribution in [-0.2, 0) is 22.9 Å². The number of anilines is 2. The average Bonchev–Trinajstić information content (AvgIpc) is 3.44. The van der Waals surface area contributed by atoms with Gasteiger partial charge in [0.2, 0.25) is 0 Å². The van der Waals surface area contributed by atoms with Crippen molar-refractivity contribution in [2.75, 3.05) is 10.0 Å². The van der Waals surface area contributed by atoms with Gasteiger partial charge in [-0.3, -0.25) is 14.8 Å². The maximum absolute atomic E-state index is 12.9. The van der Waals surface area contributed by atoms with Gasteiger partial charge in [0, 0.05) is 16.6 Å². The van der Waals surface area contributed by atoms with E-state index in [-0.39, 0.29) is 10.8 Å². The van der Waals surface area contributed by atoms with Crippen molar-refractivity contribution in [3.05, 3.63) is 95.1 Å². The maximum Gasteiger partial charge on any atom is 0.261 e. The summed E-state index contributed by atoms with van der Waals surface area (Å²) in [6.45, 7) is 1.90. The number of benzene rings is 4. The van der Waals surface area contributed by atoms with Crippen molar-refractivity contribution in [3.63, 3.8) is 0 Å². The Balaban J connectivity index is 1.21. The van der Waals surface area contributed by atoms with E-state index in [9.17, 15) is 13.2 Å². The fraction of sp³-hybridized carbons (Fsp3) is 0.111. The first-order chi connectivity index (χ1) is 16.9. The molecule has 1 aliphatic rings. The molecule has 0 aliphatic heterocycles. The van der Waals surface area contributed by atoms with Crippen LogP contribution < -0.4 is 10.0 Å². The van der Waals surface area contributed by atoms with E-state index in [1.54, 1.807) is 48.5 Å². The molecule has 0 atom stereocenters. The number of sulfonamides is 1. The molecule has 6 rings (SSSR count). The van der Waals surface area contributed by atoms with Gasteiger partial charge in [-0.2, -0.15) is 0 Å². The second-order valence-corrected chi connectivity index (χ2v) is 11.4. The number of nitrogens with one attached hydrogen (secondary N) is 2. The van der Waals surface area contributed by atoms with Crippen molar-refractivity contribution >= 4 is 59.1 Å². The quantitative estimate of drug-likeness (QED) is 0.315. The van der Waals surface area contributed by atoms with E-state index >= 15 is 0 Å². The molecule has 1 heterocycles. The number of aromatic nitrogens is 1. The number of thiazole rings is 1. The van der Waals surface area contributed by atoms with Gasteiger partial charge in [0.1, 0.15) is 0 Å². The van der Waals surface area contributed by atoms with Gasteiger partial charge in [0.25, 0.3) is 15.9 Å². The monoisotopic (exact) mass is 499 g/mol. The van der Waals surface area contributed by atoms with Crippen LogP contribution >= 0.6 is 11.3 Å². The third-order valence-corrected chi connectivity index (χ3v) is 8.62. The van der Waals surface area contributed by atoms with Gasteiger partial charge in [-0.1, -0.05) is 47.2 Å². The lowest BCUT2D eigenvalue weighted by atomic mass is 10.0. The summed E-state index contributed by atoms with van der Waals surface area (Å²) in [6, 6.07) is 21.5. The molecule has 1 aliphatic carbocycles. The molecule has 174 valence electrons. The highest BCUT2D eigenvalue weighted by Crippen LogP contribution is 2.39. The smallest absolute Gasteiger partial charge is 0.261 e. The molecule has 35 heavy (non-hydrogen) atoms. The zero-order valence-corrected chi connectivity index (χ0v) is 20.5. The second kappa shape index (κ2) is 8.18. The van der Waals surface area contributed by atoms with Gasteiger partial charge in [-0.05, 0) is 78.7 Å². The summed E-state index contributed by atoms with van der Waals surface area (Å²) in [7, 11) is -3.71. The predicted octanol–water partition coefficient (Wildman–Crippen LogP) is 5.91. The van der Waals surface area contributed by atoms with Crippen LogP contribution in [0.15, 0.2) is 77.7 Å². The molecule has 6 nitrogen and oxygen atoms in total. The Morgan fingerprint density at radius 1 is 0.943 bits per heavy atom. The standard InChI is InChI=1S/C27H21N3O3S2/c1-16-5-13-21(14-6-16)35(32,33)30-20-11-9-18(10-12-20)26(31)29-27-28-25-22-4-2-3-17-7-8-19(24(17)22)15-23(25)34-27/h2-6,9-15,30H,7-8H2,1H3,(H,28,29,31). The van der Waals surface area contributed by atoms with Crippen molar-refractivity contribution in [1.82, 2.24) is 4.98 Å². The van der Waals surface area contributed by atoms with E-state index in [4.69, 9.17) is 4.98 Å². The zero-order valence-electron chi connectivity index (χ0n) is 18.8. The fourth-order valence-corrected chi connectivity index (χ4v) is 6.55. The molecule has 0 radical (unpaired) electrons. The minimum Gasteiger partial charge on any atom is -0.298 e. The molecule has 0 bridgehead atoms. The average molecular weight is 500 g/mol. The Bertz CT molecular complexity index is 1720. The SMILES string of the molecule is Cc1ccc(S(=O)(=O)Nc2ccc(C(=O)Nc3nc4c(cc5c6c(cccc64)CC5)s3)cc2)cc1. The summed E-state index contributed by atoms with van der Waals surface area (Å²) in [6.07, 6.45) is 2.09. The minimum absolute atomic E-state index is 0.184. The molecule has 0 spiro atoms. The number of amides is 1. The maximum atomic E-state index is 12.9. The van der Waals surface area contributed by atoms with E-state index < -0.39 is 10.0 Å². The largest absolute Gasteiger partial charge is 0.298 e. The topological polar surface area (TPSA) is 88.2 Å². The molecule has 2 N–H and O–H groups in total. The van der Waals surface area contributed by atoms with Crippen LogP contribution in [0.3, 0.4) is 0 Å². The first kappa shape index (κ1) is 21.8. The Hall–Kier alpha value is -3.75. The summed E-state index contributed by atoms with van der Waals surface area (Å²) >= 11 is 1.46. The number of carbonyl (C=O) groups excluding carboxylic acids is 1. The van der Waals surface area contributed by atoms with Crippen molar-refractivity contribution in [1.29, 1.82) is 0 Å². The van der Waals surface area contributed by atoms with Crippen LogP contribution in [0.2, 0.25) is 0 Å². The molecule has 0 saturated carbocycles. The first-order valence-corrected chi connectivity index (χ1v) is 13.5. The van der Waals surface area contributed by atoms with Gasteiger partial charge in [-0.15, -0.1) is 0 Å². The van der Waals surface area contributed by atoms with Gasteiger partial charge in [-0.25, -0.2) is 13.4 Å². The number of carbonyl (C=O) groups is 1. The Morgan fingerprint density at radius 3 is 2.46 bits per heavy atom. The highest BCUT2D eigenvalue weighted by atomic mass is 32.2. The van der Waals surface area contributed by atoms with Gasteiger partial charge < -0.3 is 0 Å². The lowest BCUT2D eigenvalue weighted by molar-refractivity contribution is 0.102. The van der Waals surface area contributed by atoms with E-state index in [1.807, 2.05) is 6.92 Å². The zero-order chi connectivity index (χ0) is 24.2. The Labute approximate surface area is 206 Å². The molecule has 8 heteroatoms. The number of nitrogens with zero attached hydrogens (tertiary/aromatic N) is 1. The Morgan fingerprint density at radius 2 is 1.69 bits per heavy atom. The van der Waals surface area contributed by atoms with Crippen LogP contribution in [0, 0.1) is 6.92 Å². The third kappa shape index (κ3) is 3.94. The van der Waals surface area contributed by atoms with Crippen molar-refractivity contribution in [2.45, 2.75) is 24.7 Å². The van der Waals surface area contributed by atoms with E-state index in [0.29, 0.717) is 16.4 Å². The summed E-state index contributed by atoms with van der Waals surface area (Å²) in [5, 5.41) is 5.87. The number of rotatable bonds is 5. The number of hydrogen-bond donors (Lipinski definition) is 2. The molecular formula is C27H21N3O3S2. The normalized spacial score (nSPS) is 12.8. The minimum atomic E-state index is -3.71. The van der Waals surface area contributed by atoms with Gasteiger partial charge >= 0.3 is 0 Å². The first-order valence-electron chi connectivity index (χ1n) is 11.2. The van der Waals surface area contributed by atoms with Crippen LogP contribution in [0.25, 0.3) is 21.0 Å². The second-order valence-electron chi connectivity index (χ2n) is 8.69. The van der Waals surface area contributed by atoms with E-state index in [1.165, 1.54) is 27.8 Å². The predicted molar refractivity (Wildman–Crippen MR) is 141 cm³/mol. The molecule has 0 fully saturated rings. The molecule has 1 amide bonds. The molecule has 0 saturated heterocycles. The van der Waals surface area contributed by atoms with Crippen LogP contribution in [0.4, 0.5) is 10.8 Å². The number of aryl methyl sites for hydroxylation is 3. The van der Waals surface area contributed by atoms with E-state index in [2.05, 4.69) is 34.3 Å². The van der Waals surface area contributed by atoms with Crippen molar-refractivity contribution in [2.24, 2.45) is 0 Å². The highest BCUT2D eigenvalue weighted by Gasteiger charge is 2.19. The molecular weight excluding hydrogens is 478 g/mol. The highest BCUT2D eigenvalue weighted by molar-refractivity contribution is 7.92. The van der Waals surface area contributed by atoms with Gasteiger partial charge in [0.05, 0.1) is 15.1 Å². The summed E-state index contributed by atoms with van der Waals surface area (Å²) in [4.78, 5) is 17.8. The summed E-state index contributed by atoms with van der Waals surface area (Å²) in [5.74, 6) is -0.297. The molecule has 4 aromatic carbocycles. The van der Waals surface area contributed by atoms with Crippen LogP contribution in [0.5, 0.6) is 0 Å². The van der Waals surface area contributed by atoms with E-state index in [0.717, 1.165) is 34.0 Å². The van der Waals surface area contributed by atoms with Crippen LogP contribution in [-0.4, -0.2) is 19.3 Å². The van der Waals surface area contributed by atoms with Crippen LogP contribution in [0.1, 0.15) is 27.0 Å². The summed E-state index contributed by atoms with van der Waals surface area (Å²) < 4.78 is 28.8. The number of hydrogen-bond acceptors (Lipinski definition) is 5. The lowest BCUT2D eigenvalue weighted by Gasteiger charge is -2.09. The number of fused-ring (bicyclic) bond motifs is 2. The van der Waals surface area contributed by atoms with Crippen molar-refractivity contribution in [3.8, 4) is 0 Å². The Kier molecular flexibility index (Phi) is 5.09. The molecule has 1 aromatic heterocycles. The molecule has 0 unspecified atom stereocenters. The molecule has 5 aromatic rings.